The second-order valence-corrected chi connectivity index (χ2v) is 10.3. The van der Waals surface area contributed by atoms with Crippen LogP contribution in [0.4, 0.5) is 11.4 Å². The Morgan fingerprint density at radius 1 is 0.829 bits per heavy atom. The van der Waals surface area contributed by atoms with Gasteiger partial charge in [0.15, 0.2) is 0 Å². The molecule has 1 N–H and O–H groups in total. The predicted octanol–water partition coefficient (Wildman–Crippen LogP) is 6.04. The summed E-state index contributed by atoms with van der Waals surface area (Å²) >= 11 is 0. The molecule has 0 aliphatic heterocycles. The second-order valence-electron chi connectivity index (χ2n) is 8.40. The number of fused-ring (bicyclic) bond motifs is 3. The van der Waals surface area contributed by atoms with Crippen LogP contribution >= 0.6 is 0 Å². The Morgan fingerprint density at radius 3 is 2.34 bits per heavy atom. The van der Waals surface area contributed by atoms with E-state index in [2.05, 4.69) is 5.32 Å². The Bertz CT molecular complexity index is 1660. The normalized spacial score (nSPS) is 11.6. The summed E-state index contributed by atoms with van der Waals surface area (Å²) in [5.41, 5.74) is 4.14. The van der Waals surface area contributed by atoms with Crippen molar-refractivity contribution in [2.24, 2.45) is 0 Å². The van der Waals surface area contributed by atoms with Gasteiger partial charge in [0.25, 0.3) is 10.0 Å². The zero-order valence-electron chi connectivity index (χ0n) is 19.4. The molecule has 176 valence electrons. The van der Waals surface area contributed by atoms with Gasteiger partial charge in [0.05, 0.1) is 10.6 Å². The summed E-state index contributed by atoms with van der Waals surface area (Å²) in [5, 5.41) is 4.77. The molecule has 0 radical (unpaired) electrons. The molecule has 1 aromatic heterocycles. The van der Waals surface area contributed by atoms with E-state index >= 15 is 0 Å². The highest BCUT2D eigenvalue weighted by atomic mass is 32.2. The largest absolute Gasteiger partial charge is 0.456 e. The van der Waals surface area contributed by atoms with Crippen molar-refractivity contribution in [2.45, 2.75) is 18.7 Å². The van der Waals surface area contributed by atoms with Crippen LogP contribution < -0.4 is 9.62 Å². The predicted molar refractivity (Wildman–Crippen MR) is 139 cm³/mol. The van der Waals surface area contributed by atoms with Gasteiger partial charge < -0.3 is 9.73 Å². The van der Waals surface area contributed by atoms with Crippen molar-refractivity contribution in [3.63, 3.8) is 0 Å². The van der Waals surface area contributed by atoms with Gasteiger partial charge in [0, 0.05) is 22.5 Å². The molecule has 5 aromatic rings. The molecule has 35 heavy (non-hydrogen) atoms. The Labute approximate surface area is 203 Å². The maximum absolute atomic E-state index is 13.6. The van der Waals surface area contributed by atoms with Gasteiger partial charge in [-0.15, -0.1) is 0 Å². The van der Waals surface area contributed by atoms with Gasteiger partial charge in [-0.05, 0) is 61.4 Å². The summed E-state index contributed by atoms with van der Waals surface area (Å²) in [6.45, 7) is 3.39. The molecule has 6 nitrogen and oxygen atoms in total. The van der Waals surface area contributed by atoms with Gasteiger partial charge in [-0.1, -0.05) is 48.5 Å². The first kappa shape index (κ1) is 22.7. The quantitative estimate of drug-likeness (QED) is 0.319. The van der Waals surface area contributed by atoms with E-state index in [-0.39, 0.29) is 11.4 Å². The first-order valence-corrected chi connectivity index (χ1v) is 12.6. The average molecular weight is 485 g/mol. The van der Waals surface area contributed by atoms with E-state index in [0.29, 0.717) is 17.0 Å². The van der Waals surface area contributed by atoms with Crippen molar-refractivity contribution in [1.82, 2.24) is 0 Å². The molecule has 4 aromatic carbocycles. The molecule has 7 heteroatoms. The number of carbonyl (C=O) groups excluding carboxylic acids is 1. The average Bonchev–Trinajstić information content (AvgIpc) is 3.23. The topological polar surface area (TPSA) is 79.6 Å². The minimum absolute atomic E-state index is 0.123. The van der Waals surface area contributed by atoms with E-state index in [1.807, 2.05) is 50.2 Å². The Balaban J connectivity index is 1.48. The number of carbonyl (C=O) groups is 1. The fourth-order valence-corrected chi connectivity index (χ4v) is 5.66. The lowest BCUT2D eigenvalue weighted by Crippen LogP contribution is -2.38. The molecule has 0 saturated heterocycles. The fraction of sp³-hybridized carbons (Fsp3) is 0.107. The van der Waals surface area contributed by atoms with Crippen molar-refractivity contribution in [1.29, 1.82) is 0 Å². The van der Waals surface area contributed by atoms with E-state index < -0.39 is 15.9 Å². The number of hydrogen-bond acceptors (Lipinski definition) is 4. The monoisotopic (exact) mass is 484 g/mol. The summed E-state index contributed by atoms with van der Waals surface area (Å²) < 4.78 is 34.3. The van der Waals surface area contributed by atoms with Crippen LogP contribution in [0.3, 0.4) is 0 Å². The maximum atomic E-state index is 13.6. The molecule has 0 atom stereocenters. The third kappa shape index (κ3) is 4.26. The molecule has 1 amide bonds. The van der Waals surface area contributed by atoms with Crippen LogP contribution in [0.1, 0.15) is 11.1 Å². The summed E-state index contributed by atoms with van der Waals surface area (Å²) in [7, 11) is -3.98. The SMILES string of the molecule is Cc1cccc(N(CC(=O)Nc2ccc3c(c2)oc2ccccc23)S(=O)(=O)c2ccccc2)c1C. The van der Waals surface area contributed by atoms with Gasteiger partial charge in [0.1, 0.15) is 17.7 Å². The number of rotatable bonds is 6. The van der Waals surface area contributed by atoms with Gasteiger partial charge in [-0.2, -0.15) is 0 Å². The molecule has 0 aliphatic rings. The lowest BCUT2D eigenvalue weighted by Gasteiger charge is -2.26. The summed E-state index contributed by atoms with van der Waals surface area (Å²) in [6.07, 6.45) is 0. The Morgan fingerprint density at radius 2 is 1.54 bits per heavy atom. The first-order chi connectivity index (χ1) is 16.8. The molecular formula is C28H24N2O4S. The van der Waals surface area contributed by atoms with Crippen LogP contribution in [0.2, 0.25) is 0 Å². The molecule has 1 heterocycles. The van der Waals surface area contributed by atoms with Crippen molar-refractivity contribution < 1.29 is 17.6 Å². The third-order valence-electron chi connectivity index (χ3n) is 6.13. The summed E-state index contributed by atoms with van der Waals surface area (Å²) in [6, 6.07) is 26.7. The van der Waals surface area contributed by atoms with E-state index in [1.165, 1.54) is 16.4 Å². The highest BCUT2D eigenvalue weighted by molar-refractivity contribution is 7.92. The van der Waals surface area contributed by atoms with E-state index in [9.17, 15) is 13.2 Å². The zero-order chi connectivity index (χ0) is 24.6. The molecule has 5 rings (SSSR count). The van der Waals surface area contributed by atoms with Crippen LogP contribution in [0.15, 0.2) is 100 Å². The minimum Gasteiger partial charge on any atom is -0.456 e. The molecule has 0 spiro atoms. The van der Waals surface area contributed by atoms with E-state index in [0.717, 1.165) is 27.5 Å². The Kier molecular flexibility index (Phi) is 5.78. The van der Waals surface area contributed by atoms with Crippen LogP contribution in [-0.2, 0) is 14.8 Å². The van der Waals surface area contributed by atoms with Crippen LogP contribution in [-0.4, -0.2) is 20.9 Å². The molecule has 0 fully saturated rings. The van der Waals surface area contributed by atoms with Gasteiger partial charge in [0.2, 0.25) is 5.91 Å². The number of furan rings is 1. The Hall–Kier alpha value is -4.10. The number of nitrogens with zero attached hydrogens (tertiary/aromatic N) is 1. The molecule has 0 unspecified atom stereocenters. The van der Waals surface area contributed by atoms with E-state index in [4.69, 9.17) is 4.42 Å². The van der Waals surface area contributed by atoms with Gasteiger partial charge >= 0.3 is 0 Å². The molecule has 0 saturated carbocycles. The standard InChI is InChI=1S/C28H24N2O4S/c1-19-9-8-13-25(20(19)2)30(35(32,33)22-10-4-3-5-11-22)18-28(31)29-21-15-16-24-23-12-6-7-14-26(23)34-27(24)17-21/h3-17H,18H2,1-2H3,(H,29,31). The van der Waals surface area contributed by atoms with E-state index in [1.54, 1.807) is 42.5 Å². The van der Waals surface area contributed by atoms with Gasteiger partial charge in [-0.25, -0.2) is 8.42 Å². The van der Waals surface area contributed by atoms with Crippen molar-refractivity contribution in [3.8, 4) is 0 Å². The highest BCUT2D eigenvalue weighted by Crippen LogP contribution is 2.31. The maximum Gasteiger partial charge on any atom is 0.264 e. The van der Waals surface area contributed by atoms with Crippen molar-refractivity contribution in [3.05, 3.63) is 102 Å². The summed E-state index contributed by atoms with van der Waals surface area (Å²) in [4.78, 5) is 13.3. The number of benzene rings is 4. The lowest BCUT2D eigenvalue weighted by atomic mass is 10.1. The van der Waals surface area contributed by atoms with Crippen molar-refractivity contribution in [2.75, 3.05) is 16.2 Å². The number of para-hydroxylation sites is 1. The number of sulfonamides is 1. The summed E-state index contributed by atoms with van der Waals surface area (Å²) in [5.74, 6) is -0.458. The number of aryl methyl sites for hydroxylation is 1. The number of nitrogens with one attached hydrogen (secondary N) is 1. The molecular weight excluding hydrogens is 460 g/mol. The van der Waals surface area contributed by atoms with Crippen LogP contribution in [0.5, 0.6) is 0 Å². The van der Waals surface area contributed by atoms with Crippen LogP contribution in [0, 0.1) is 13.8 Å². The van der Waals surface area contributed by atoms with Gasteiger partial charge in [-0.3, -0.25) is 9.10 Å². The third-order valence-corrected chi connectivity index (χ3v) is 7.90. The number of amides is 1. The first-order valence-electron chi connectivity index (χ1n) is 11.2. The van der Waals surface area contributed by atoms with Crippen LogP contribution in [0.25, 0.3) is 21.9 Å². The zero-order valence-corrected chi connectivity index (χ0v) is 20.2. The molecule has 0 aliphatic carbocycles. The lowest BCUT2D eigenvalue weighted by molar-refractivity contribution is -0.114. The molecule has 0 bridgehead atoms. The van der Waals surface area contributed by atoms with Crippen molar-refractivity contribution >= 4 is 49.2 Å². The fourth-order valence-electron chi connectivity index (χ4n) is 4.16. The number of hydrogen-bond donors (Lipinski definition) is 1. The number of anilines is 2. The minimum atomic E-state index is -3.98. The second kappa shape index (κ2) is 8.92. The smallest absolute Gasteiger partial charge is 0.264 e. The highest BCUT2D eigenvalue weighted by Gasteiger charge is 2.28.